The van der Waals surface area contributed by atoms with E-state index >= 15 is 0 Å². The van der Waals surface area contributed by atoms with E-state index in [-0.39, 0.29) is 5.91 Å². The topological polar surface area (TPSA) is 83.6 Å². The lowest BCUT2D eigenvalue weighted by Crippen LogP contribution is -2.10. The molecule has 0 radical (unpaired) electrons. The minimum atomic E-state index is -0.0873. The fraction of sp³-hybridized carbons (Fsp3) is 0.0588. The van der Waals surface area contributed by atoms with E-state index in [1.807, 2.05) is 41.8 Å². The van der Waals surface area contributed by atoms with Crippen LogP contribution in [-0.2, 0) is 5.75 Å². The molecule has 0 fully saturated rings. The molecule has 1 amide bonds. The Bertz CT molecular complexity index is 1010. The van der Waals surface area contributed by atoms with Gasteiger partial charge in [0, 0.05) is 11.4 Å². The third-order valence-electron chi connectivity index (χ3n) is 3.52. The highest BCUT2D eigenvalue weighted by Crippen LogP contribution is 2.27. The molecule has 0 saturated heterocycles. The minimum absolute atomic E-state index is 0.0873. The lowest BCUT2D eigenvalue weighted by molar-refractivity contribution is 0.103. The Labute approximate surface area is 151 Å². The van der Waals surface area contributed by atoms with Gasteiger partial charge in [-0.15, -0.1) is 23.1 Å². The minimum Gasteiger partial charge on any atom is -0.321 e. The van der Waals surface area contributed by atoms with Crippen molar-refractivity contribution in [3.05, 3.63) is 64.7 Å². The number of fused-ring (bicyclic) bond motifs is 1. The van der Waals surface area contributed by atoms with E-state index < -0.39 is 0 Å². The van der Waals surface area contributed by atoms with Crippen molar-refractivity contribution in [1.82, 2.24) is 20.2 Å². The van der Waals surface area contributed by atoms with Crippen LogP contribution >= 0.6 is 23.1 Å². The van der Waals surface area contributed by atoms with Crippen LogP contribution in [0.2, 0.25) is 0 Å². The number of hydrogen-bond donors (Lipinski definition) is 2. The van der Waals surface area contributed by atoms with E-state index in [0.717, 1.165) is 33.1 Å². The monoisotopic (exact) mass is 367 g/mol. The predicted molar refractivity (Wildman–Crippen MR) is 100.0 cm³/mol. The first-order valence-electron chi connectivity index (χ1n) is 7.50. The highest BCUT2D eigenvalue weighted by molar-refractivity contribution is 7.98. The summed E-state index contributed by atoms with van der Waals surface area (Å²) in [5.41, 5.74) is 2.62. The molecule has 4 rings (SSSR count). The molecular weight excluding hydrogens is 354 g/mol. The maximum absolute atomic E-state index is 12.1. The average molecular weight is 367 g/mol. The van der Waals surface area contributed by atoms with Crippen molar-refractivity contribution in [2.45, 2.75) is 10.8 Å². The number of benzene rings is 1. The molecule has 0 atom stereocenters. The van der Waals surface area contributed by atoms with Gasteiger partial charge in [-0.25, -0.2) is 9.97 Å². The molecule has 3 aromatic heterocycles. The van der Waals surface area contributed by atoms with Gasteiger partial charge in [0.2, 0.25) is 0 Å². The van der Waals surface area contributed by atoms with Crippen LogP contribution < -0.4 is 5.32 Å². The maximum atomic E-state index is 12.1. The van der Waals surface area contributed by atoms with Gasteiger partial charge in [-0.2, -0.15) is 5.10 Å². The maximum Gasteiger partial charge on any atom is 0.265 e. The van der Waals surface area contributed by atoms with E-state index in [0.29, 0.717) is 4.88 Å². The van der Waals surface area contributed by atoms with Crippen molar-refractivity contribution in [2.75, 3.05) is 5.32 Å². The first kappa shape index (κ1) is 15.8. The number of H-pyrrole nitrogens is 1. The van der Waals surface area contributed by atoms with Gasteiger partial charge < -0.3 is 5.32 Å². The van der Waals surface area contributed by atoms with Gasteiger partial charge in [0.15, 0.2) is 5.65 Å². The average Bonchev–Trinajstić information content (AvgIpc) is 3.31. The number of carbonyl (C=O) groups is 1. The Balaban J connectivity index is 1.46. The van der Waals surface area contributed by atoms with Gasteiger partial charge in [0.05, 0.1) is 16.5 Å². The van der Waals surface area contributed by atoms with Crippen LogP contribution in [-0.4, -0.2) is 26.1 Å². The third kappa shape index (κ3) is 3.54. The molecular formula is C17H13N5OS2. The van der Waals surface area contributed by atoms with Crippen LogP contribution in [0.15, 0.2) is 59.3 Å². The molecule has 8 heteroatoms. The molecule has 0 aliphatic heterocycles. The van der Waals surface area contributed by atoms with Crippen LogP contribution in [0.5, 0.6) is 0 Å². The van der Waals surface area contributed by atoms with Crippen LogP contribution in [0.25, 0.3) is 11.0 Å². The zero-order valence-corrected chi connectivity index (χ0v) is 14.6. The summed E-state index contributed by atoms with van der Waals surface area (Å²) in [7, 11) is 0. The predicted octanol–water partition coefficient (Wildman–Crippen LogP) is 3.96. The summed E-state index contributed by atoms with van der Waals surface area (Å²) in [6, 6.07) is 11.5. The summed E-state index contributed by atoms with van der Waals surface area (Å²) < 4.78 is 0. The molecule has 6 nitrogen and oxygen atoms in total. The Kier molecular flexibility index (Phi) is 4.45. The van der Waals surface area contributed by atoms with Gasteiger partial charge in [0.1, 0.15) is 11.4 Å². The third-order valence-corrected chi connectivity index (χ3v) is 5.46. The standard InChI is InChI=1S/C17H13N5OS2/c23-16(14-5-2-6-24-14)21-12-4-1-3-11(7-12)9-25-17-13-8-20-22-15(13)18-10-19-17/h1-8,10H,9H2,(H,21,23)(H,18,19,20,22). The number of aromatic nitrogens is 4. The highest BCUT2D eigenvalue weighted by atomic mass is 32.2. The van der Waals surface area contributed by atoms with Crippen molar-refractivity contribution in [3.8, 4) is 0 Å². The number of nitrogens with zero attached hydrogens (tertiary/aromatic N) is 3. The lowest BCUT2D eigenvalue weighted by Gasteiger charge is -2.07. The second kappa shape index (κ2) is 7.04. The number of thiophene rings is 1. The summed E-state index contributed by atoms with van der Waals surface area (Å²) >= 11 is 3.04. The summed E-state index contributed by atoms with van der Waals surface area (Å²) in [5.74, 6) is 0.649. The molecule has 124 valence electrons. The van der Waals surface area contributed by atoms with Crippen molar-refractivity contribution in [3.63, 3.8) is 0 Å². The van der Waals surface area contributed by atoms with Crippen LogP contribution in [0.3, 0.4) is 0 Å². The number of thioether (sulfide) groups is 1. The van der Waals surface area contributed by atoms with E-state index in [4.69, 9.17) is 0 Å². The van der Waals surface area contributed by atoms with Crippen molar-refractivity contribution in [2.24, 2.45) is 0 Å². The normalized spacial score (nSPS) is 10.9. The van der Waals surface area contributed by atoms with Gasteiger partial charge in [-0.1, -0.05) is 18.2 Å². The fourth-order valence-corrected chi connectivity index (χ4v) is 3.88. The largest absolute Gasteiger partial charge is 0.321 e. The first-order valence-corrected chi connectivity index (χ1v) is 9.37. The van der Waals surface area contributed by atoms with Crippen LogP contribution in [0.1, 0.15) is 15.2 Å². The number of anilines is 1. The fourth-order valence-electron chi connectivity index (χ4n) is 2.35. The second-order valence-electron chi connectivity index (χ2n) is 5.23. The molecule has 0 bridgehead atoms. The zero-order valence-electron chi connectivity index (χ0n) is 13.0. The van der Waals surface area contributed by atoms with Crippen molar-refractivity contribution < 1.29 is 4.79 Å². The molecule has 3 heterocycles. The number of rotatable bonds is 5. The summed E-state index contributed by atoms with van der Waals surface area (Å²) in [6.07, 6.45) is 3.26. The summed E-state index contributed by atoms with van der Waals surface area (Å²) in [5, 5.41) is 13.5. The number of nitrogens with one attached hydrogen (secondary N) is 2. The second-order valence-corrected chi connectivity index (χ2v) is 7.14. The van der Waals surface area contributed by atoms with Crippen molar-refractivity contribution >= 4 is 45.7 Å². The smallest absolute Gasteiger partial charge is 0.265 e. The molecule has 0 unspecified atom stereocenters. The summed E-state index contributed by atoms with van der Waals surface area (Å²) in [6.45, 7) is 0. The van der Waals surface area contributed by atoms with E-state index in [9.17, 15) is 4.79 Å². The van der Waals surface area contributed by atoms with E-state index in [1.54, 1.807) is 18.0 Å². The van der Waals surface area contributed by atoms with Gasteiger partial charge in [-0.3, -0.25) is 9.89 Å². The SMILES string of the molecule is O=C(Nc1cccc(CSc2ncnc3[nH]ncc23)c1)c1cccs1. The van der Waals surface area contributed by atoms with Gasteiger partial charge in [0.25, 0.3) is 5.91 Å². The zero-order chi connectivity index (χ0) is 17.1. The molecule has 25 heavy (non-hydrogen) atoms. The molecule has 4 aromatic rings. The Hall–Kier alpha value is -2.71. The van der Waals surface area contributed by atoms with E-state index in [2.05, 4.69) is 25.5 Å². The lowest BCUT2D eigenvalue weighted by atomic mass is 10.2. The molecule has 0 spiro atoms. The van der Waals surface area contributed by atoms with Crippen LogP contribution in [0.4, 0.5) is 5.69 Å². The van der Waals surface area contributed by atoms with Crippen LogP contribution in [0, 0.1) is 0 Å². The van der Waals surface area contributed by atoms with Crippen molar-refractivity contribution in [1.29, 1.82) is 0 Å². The van der Waals surface area contributed by atoms with Gasteiger partial charge in [-0.05, 0) is 29.1 Å². The number of hydrogen-bond acceptors (Lipinski definition) is 6. The Morgan fingerprint density at radius 2 is 2.20 bits per heavy atom. The molecule has 2 N–H and O–H groups in total. The Morgan fingerprint density at radius 1 is 1.24 bits per heavy atom. The number of amides is 1. The highest BCUT2D eigenvalue weighted by Gasteiger charge is 2.09. The quantitative estimate of drug-likeness (QED) is 0.412. The summed E-state index contributed by atoms with van der Waals surface area (Å²) in [4.78, 5) is 21.3. The molecule has 0 aliphatic rings. The van der Waals surface area contributed by atoms with E-state index in [1.165, 1.54) is 17.7 Å². The molecule has 1 aromatic carbocycles. The Morgan fingerprint density at radius 3 is 3.08 bits per heavy atom. The molecule has 0 aliphatic carbocycles. The molecule has 0 saturated carbocycles. The number of carbonyl (C=O) groups excluding carboxylic acids is 1. The number of aromatic amines is 1. The first-order chi connectivity index (χ1) is 12.3. The van der Waals surface area contributed by atoms with Gasteiger partial charge >= 0.3 is 0 Å².